The number of hydrogen-bond acceptors (Lipinski definition) is 9. The third-order valence-corrected chi connectivity index (χ3v) is 6.25. The number of anilines is 2. The number of fused-ring (bicyclic) bond motifs is 1. The maximum Gasteiger partial charge on any atom is 0.162 e. The SMILES string of the molecule is COc1cc2ncnc(Nc3ccc(Oc4ccccc4C#N)cc3)c2cc1OCCCN1CCOCC1. The highest BCUT2D eigenvalue weighted by molar-refractivity contribution is 5.93. The Kier molecular flexibility index (Phi) is 8.13. The summed E-state index contributed by atoms with van der Waals surface area (Å²) in [6, 6.07) is 20.5. The van der Waals surface area contributed by atoms with Crippen molar-refractivity contribution in [2.45, 2.75) is 6.42 Å². The second-order valence-corrected chi connectivity index (χ2v) is 8.76. The third-order valence-electron chi connectivity index (χ3n) is 6.25. The minimum atomic E-state index is 0.483. The molecule has 1 saturated heterocycles. The van der Waals surface area contributed by atoms with Crippen molar-refractivity contribution in [3.05, 3.63) is 72.6 Å². The fourth-order valence-corrected chi connectivity index (χ4v) is 4.25. The van der Waals surface area contributed by atoms with Gasteiger partial charge in [0.2, 0.25) is 0 Å². The molecule has 1 aliphatic heterocycles. The zero-order valence-electron chi connectivity index (χ0n) is 21.2. The standard InChI is InChI=1S/C29H29N5O4/c1-35-27-18-25-24(17-28(27)37-14-4-11-34-12-15-36-16-13-34)29(32-20-31-25)33-22-7-9-23(10-8-22)38-26-6-3-2-5-21(26)19-30/h2-3,5-10,17-18,20H,4,11-16H2,1H3,(H,31,32,33). The van der Waals surface area contributed by atoms with Gasteiger partial charge in [0.05, 0.1) is 38.0 Å². The van der Waals surface area contributed by atoms with E-state index in [4.69, 9.17) is 18.9 Å². The van der Waals surface area contributed by atoms with Gasteiger partial charge in [-0.15, -0.1) is 0 Å². The van der Waals surface area contributed by atoms with Crippen molar-refractivity contribution in [3.63, 3.8) is 0 Å². The number of nitrogens with one attached hydrogen (secondary N) is 1. The Balaban J connectivity index is 1.28. The lowest BCUT2D eigenvalue weighted by Crippen LogP contribution is -2.37. The van der Waals surface area contributed by atoms with Gasteiger partial charge in [-0.2, -0.15) is 5.26 Å². The monoisotopic (exact) mass is 511 g/mol. The number of para-hydroxylation sites is 1. The fourth-order valence-electron chi connectivity index (χ4n) is 4.25. The summed E-state index contributed by atoms with van der Waals surface area (Å²) >= 11 is 0. The van der Waals surface area contributed by atoms with Gasteiger partial charge >= 0.3 is 0 Å². The number of hydrogen-bond donors (Lipinski definition) is 1. The first kappa shape index (κ1) is 25.3. The highest BCUT2D eigenvalue weighted by Crippen LogP contribution is 2.35. The Morgan fingerprint density at radius 2 is 1.82 bits per heavy atom. The first-order chi connectivity index (χ1) is 18.7. The van der Waals surface area contributed by atoms with Gasteiger partial charge in [-0.05, 0) is 48.9 Å². The highest BCUT2D eigenvalue weighted by Gasteiger charge is 2.14. The highest BCUT2D eigenvalue weighted by atomic mass is 16.5. The summed E-state index contributed by atoms with van der Waals surface area (Å²) < 4.78 is 23.0. The molecule has 1 aromatic heterocycles. The van der Waals surface area contributed by atoms with Crippen molar-refractivity contribution in [3.8, 4) is 29.1 Å². The number of ether oxygens (including phenoxy) is 4. The minimum absolute atomic E-state index is 0.483. The average molecular weight is 512 g/mol. The number of methoxy groups -OCH3 is 1. The zero-order valence-corrected chi connectivity index (χ0v) is 21.2. The van der Waals surface area contributed by atoms with E-state index in [1.54, 1.807) is 19.2 Å². The number of rotatable bonds is 10. The Hall–Kier alpha value is -4.39. The van der Waals surface area contributed by atoms with Crippen LogP contribution in [0.25, 0.3) is 10.9 Å². The van der Waals surface area contributed by atoms with E-state index in [0.717, 1.165) is 55.9 Å². The molecule has 0 atom stereocenters. The maximum absolute atomic E-state index is 9.28. The van der Waals surface area contributed by atoms with Crippen molar-refractivity contribution < 1.29 is 18.9 Å². The van der Waals surface area contributed by atoms with Crippen LogP contribution in [0, 0.1) is 11.3 Å². The van der Waals surface area contributed by atoms with Crippen LogP contribution in [0.4, 0.5) is 11.5 Å². The Bertz CT molecular complexity index is 1420. The molecule has 1 fully saturated rings. The molecule has 5 rings (SSSR count). The Morgan fingerprint density at radius 3 is 2.61 bits per heavy atom. The molecule has 0 spiro atoms. The second-order valence-electron chi connectivity index (χ2n) is 8.76. The molecule has 1 N–H and O–H groups in total. The van der Waals surface area contributed by atoms with Crippen LogP contribution in [0.1, 0.15) is 12.0 Å². The van der Waals surface area contributed by atoms with Gasteiger partial charge in [0.15, 0.2) is 11.5 Å². The Labute approximate surface area is 221 Å². The molecule has 2 heterocycles. The molecule has 9 nitrogen and oxygen atoms in total. The quantitative estimate of drug-likeness (QED) is 0.290. The summed E-state index contributed by atoms with van der Waals surface area (Å²) in [6.45, 7) is 5.06. The van der Waals surface area contributed by atoms with E-state index in [9.17, 15) is 5.26 Å². The molecule has 38 heavy (non-hydrogen) atoms. The summed E-state index contributed by atoms with van der Waals surface area (Å²) in [4.78, 5) is 11.3. The summed E-state index contributed by atoms with van der Waals surface area (Å²) in [5, 5.41) is 13.5. The van der Waals surface area contributed by atoms with Crippen molar-refractivity contribution in [1.29, 1.82) is 5.26 Å². The molecule has 0 radical (unpaired) electrons. The lowest BCUT2D eigenvalue weighted by molar-refractivity contribution is 0.0357. The van der Waals surface area contributed by atoms with Crippen LogP contribution in [-0.2, 0) is 4.74 Å². The number of nitriles is 1. The van der Waals surface area contributed by atoms with Crippen molar-refractivity contribution in [2.24, 2.45) is 0 Å². The van der Waals surface area contributed by atoms with E-state index in [2.05, 4.69) is 26.3 Å². The number of benzene rings is 3. The van der Waals surface area contributed by atoms with Gasteiger partial charge in [-0.25, -0.2) is 9.97 Å². The summed E-state index contributed by atoms with van der Waals surface area (Å²) in [5.74, 6) is 3.08. The van der Waals surface area contributed by atoms with E-state index < -0.39 is 0 Å². The first-order valence-electron chi connectivity index (χ1n) is 12.5. The van der Waals surface area contributed by atoms with Crippen LogP contribution < -0.4 is 19.5 Å². The third kappa shape index (κ3) is 6.11. The molecule has 3 aromatic carbocycles. The fraction of sp³-hybridized carbons (Fsp3) is 0.276. The summed E-state index contributed by atoms with van der Waals surface area (Å²) in [5.41, 5.74) is 2.06. The smallest absolute Gasteiger partial charge is 0.162 e. The van der Waals surface area contributed by atoms with Gasteiger partial charge in [-0.3, -0.25) is 4.90 Å². The number of aromatic nitrogens is 2. The molecule has 194 valence electrons. The summed E-state index contributed by atoms with van der Waals surface area (Å²) in [7, 11) is 1.63. The predicted molar refractivity (Wildman–Crippen MR) is 144 cm³/mol. The maximum atomic E-state index is 9.28. The molecule has 0 unspecified atom stereocenters. The van der Waals surface area contributed by atoms with E-state index in [1.807, 2.05) is 48.5 Å². The summed E-state index contributed by atoms with van der Waals surface area (Å²) in [6.07, 6.45) is 2.42. The van der Waals surface area contributed by atoms with E-state index in [-0.39, 0.29) is 0 Å². The molecule has 0 saturated carbocycles. The van der Waals surface area contributed by atoms with Crippen molar-refractivity contribution >= 4 is 22.4 Å². The van der Waals surface area contributed by atoms with Crippen LogP contribution in [0.3, 0.4) is 0 Å². The largest absolute Gasteiger partial charge is 0.493 e. The Morgan fingerprint density at radius 1 is 1.00 bits per heavy atom. The molecule has 4 aromatic rings. The number of nitrogens with zero attached hydrogens (tertiary/aromatic N) is 4. The first-order valence-corrected chi connectivity index (χ1v) is 12.5. The molecule has 0 amide bonds. The lowest BCUT2D eigenvalue weighted by Gasteiger charge is -2.26. The van der Waals surface area contributed by atoms with E-state index in [1.165, 1.54) is 6.33 Å². The predicted octanol–water partition coefficient (Wildman–Crippen LogP) is 5.15. The normalized spacial score (nSPS) is 13.6. The van der Waals surface area contributed by atoms with Gasteiger partial charge in [0, 0.05) is 36.8 Å². The molecule has 1 aliphatic rings. The minimum Gasteiger partial charge on any atom is -0.493 e. The zero-order chi connectivity index (χ0) is 26.2. The molecule has 9 heteroatoms. The van der Waals surface area contributed by atoms with Crippen LogP contribution in [0.15, 0.2) is 67.0 Å². The van der Waals surface area contributed by atoms with Gasteiger partial charge in [-0.1, -0.05) is 12.1 Å². The molecule has 0 bridgehead atoms. The van der Waals surface area contributed by atoms with Crippen LogP contribution in [0.2, 0.25) is 0 Å². The van der Waals surface area contributed by atoms with E-state index >= 15 is 0 Å². The van der Waals surface area contributed by atoms with E-state index in [0.29, 0.717) is 41.0 Å². The van der Waals surface area contributed by atoms with Crippen molar-refractivity contribution in [2.75, 3.05) is 51.9 Å². The molecular weight excluding hydrogens is 482 g/mol. The van der Waals surface area contributed by atoms with Gasteiger partial charge in [0.1, 0.15) is 29.7 Å². The number of morpholine rings is 1. The second kappa shape index (κ2) is 12.2. The van der Waals surface area contributed by atoms with Crippen LogP contribution in [-0.4, -0.2) is 61.4 Å². The average Bonchev–Trinajstić information content (AvgIpc) is 2.97. The van der Waals surface area contributed by atoms with Gasteiger partial charge in [0.25, 0.3) is 0 Å². The van der Waals surface area contributed by atoms with Crippen LogP contribution in [0.5, 0.6) is 23.0 Å². The van der Waals surface area contributed by atoms with Crippen molar-refractivity contribution in [1.82, 2.24) is 14.9 Å². The van der Waals surface area contributed by atoms with Gasteiger partial charge < -0.3 is 24.3 Å². The topological polar surface area (TPSA) is 102 Å². The molecule has 0 aliphatic carbocycles. The van der Waals surface area contributed by atoms with Crippen LogP contribution >= 0.6 is 0 Å². The lowest BCUT2D eigenvalue weighted by atomic mass is 10.2. The molecular formula is C29H29N5O4.